The zero-order valence-corrected chi connectivity index (χ0v) is 11.2. The Hall–Kier alpha value is -1.75. The molecule has 1 amide bonds. The highest BCUT2D eigenvalue weighted by molar-refractivity contribution is 5.97. The summed E-state index contributed by atoms with van der Waals surface area (Å²) in [5.74, 6) is 5.03. The van der Waals surface area contributed by atoms with Crippen molar-refractivity contribution in [2.24, 2.45) is 5.84 Å². The number of benzene rings is 1. The molecule has 0 spiro atoms. The van der Waals surface area contributed by atoms with E-state index in [9.17, 15) is 9.90 Å². The average Bonchev–Trinajstić information content (AvgIpc) is 2.37. The number of phenolic OH excluding ortho intramolecular Hbond substituents is 1. The number of rotatable bonds is 4. The van der Waals surface area contributed by atoms with Crippen LogP contribution in [-0.2, 0) is 5.41 Å². The zero-order chi connectivity index (χ0) is 13.9. The summed E-state index contributed by atoms with van der Waals surface area (Å²) in [7, 11) is 1.51. The van der Waals surface area contributed by atoms with Crippen LogP contribution in [0.3, 0.4) is 0 Å². The van der Waals surface area contributed by atoms with Gasteiger partial charge in [0.1, 0.15) is 11.5 Å². The lowest BCUT2D eigenvalue weighted by Gasteiger charge is -2.25. The highest BCUT2D eigenvalue weighted by atomic mass is 16.5. The third-order valence-corrected chi connectivity index (χ3v) is 3.31. The predicted molar refractivity (Wildman–Crippen MR) is 69.6 cm³/mol. The van der Waals surface area contributed by atoms with Gasteiger partial charge in [-0.25, -0.2) is 5.84 Å². The van der Waals surface area contributed by atoms with Gasteiger partial charge in [-0.1, -0.05) is 20.8 Å². The first kappa shape index (κ1) is 14.3. The molecular formula is C13H20N2O3. The number of carbonyl (C=O) groups is 1. The van der Waals surface area contributed by atoms with Crippen LogP contribution in [0.25, 0.3) is 0 Å². The second-order valence-corrected chi connectivity index (χ2v) is 4.78. The summed E-state index contributed by atoms with van der Waals surface area (Å²) >= 11 is 0. The fourth-order valence-corrected chi connectivity index (χ4v) is 1.68. The third-order valence-electron chi connectivity index (χ3n) is 3.31. The molecule has 0 saturated heterocycles. The lowest BCUT2D eigenvalue weighted by molar-refractivity contribution is 0.0950. The Balaban J connectivity index is 3.48. The molecule has 0 aliphatic carbocycles. The van der Waals surface area contributed by atoms with Gasteiger partial charge in [-0.2, -0.15) is 0 Å². The van der Waals surface area contributed by atoms with Crippen molar-refractivity contribution in [2.45, 2.75) is 32.6 Å². The summed E-state index contributed by atoms with van der Waals surface area (Å²) in [5.41, 5.74) is 2.54. The predicted octanol–water partition coefficient (Wildman–Crippen LogP) is 1.69. The minimum atomic E-state index is -0.542. The van der Waals surface area contributed by atoms with E-state index in [1.807, 2.05) is 26.2 Å². The van der Waals surface area contributed by atoms with Gasteiger partial charge in [0.25, 0.3) is 5.91 Å². The van der Waals surface area contributed by atoms with E-state index in [1.54, 1.807) is 6.07 Å². The molecule has 0 aromatic heterocycles. The Morgan fingerprint density at radius 2 is 2.11 bits per heavy atom. The molecule has 0 aliphatic rings. The Bertz CT molecular complexity index is 456. The highest BCUT2D eigenvalue weighted by Gasteiger charge is 2.26. The number of nitrogen functional groups attached to an aromatic ring is 1. The molecule has 0 atom stereocenters. The third kappa shape index (κ3) is 2.56. The molecule has 0 bridgehead atoms. The van der Waals surface area contributed by atoms with E-state index in [0.717, 1.165) is 6.42 Å². The summed E-state index contributed by atoms with van der Waals surface area (Å²) in [6.45, 7) is 6.00. The number of carbonyl (C=O) groups excluding carboxylic acids is 1. The number of hydrogen-bond donors (Lipinski definition) is 3. The van der Waals surface area contributed by atoms with Crippen LogP contribution >= 0.6 is 0 Å². The molecule has 1 aromatic carbocycles. The number of aromatic hydroxyl groups is 1. The van der Waals surface area contributed by atoms with E-state index in [1.165, 1.54) is 13.2 Å². The largest absolute Gasteiger partial charge is 0.507 e. The number of ether oxygens (including phenoxy) is 1. The molecule has 1 rings (SSSR count). The van der Waals surface area contributed by atoms with E-state index in [4.69, 9.17) is 10.6 Å². The molecule has 1 aromatic rings. The number of hydrazine groups is 1. The van der Waals surface area contributed by atoms with Gasteiger partial charge in [0.05, 0.1) is 12.7 Å². The maximum atomic E-state index is 11.6. The van der Waals surface area contributed by atoms with Crippen molar-refractivity contribution in [3.63, 3.8) is 0 Å². The van der Waals surface area contributed by atoms with E-state index in [0.29, 0.717) is 11.3 Å². The number of phenols is 1. The molecule has 0 unspecified atom stereocenters. The Morgan fingerprint density at radius 1 is 1.50 bits per heavy atom. The van der Waals surface area contributed by atoms with Crippen molar-refractivity contribution in [1.82, 2.24) is 5.43 Å². The second-order valence-electron chi connectivity index (χ2n) is 4.78. The number of hydrogen-bond acceptors (Lipinski definition) is 4. The highest BCUT2D eigenvalue weighted by Crippen LogP contribution is 2.38. The monoisotopic (exact) mass is 252 g/mol. The first-order valence-corrected chi connectivity index (χ1v) is 5.79. The number of amides is 1. The van der Waals surface area contributed by atoms with Crippen LogP contribution in [0, 0.1) is 0 Å². The SMILES string of the molecule is CCC(C)(C)c1cc(OC)cc(C(=O)NN)c1O. The van der Waals surface area contributed by atoms with Crippen molar-refractivity contribution < 1.29 is 14.6 Å². The quantitative estimate of drug-likeness (QED) is 0.432. The summed E-state index contributed by atoms with van der Waals surface area (Å²) in [4.78, 5) is 11.6. The van der Waals surface area contributed by atoms with E-state index < -0.39 is 5.91 Å². The average molecular weight is 252 g/mol. The molecule has 0 saturated carbocycles. The number of nitrogens with one attached hydrogen (secondary N) is 1. The second kappa shape index (κ2) is 5.27. The molecule has 5 heteroatoms. The van der Waals surface area contributed by atoms with Gasteiger partial charge in [-0.05, 0) is 24.0 Å². The van der Waals surface area contributed by atoms with Crippen LogP contribution in [-0.4, -0.2) is 18.1 Å². The molecule has 18 heavy (non-hydrogen) atoms. The van der Waals surface area contributed by atoms with Crippen LogP contribution < -0.4 is 16.0 Å². The molecule has 0 fully saturated rings. The van der Waals surface area contributed by atoms with Gasteiger partial charge in [0.15, 0.2) is 0 Å². The molecule has 5 nitrogen and oxygen atoms in total. The fraction of sp³-hybridized carbons (Fsp3) is 0.462. The molecule has 100 valence electrons. The fourth-order valence-electron chi connectivity index (χ4n) is 1.68. The maximum Gasteiger partial charge on any atom is 0.269 e. The van der Waals surface area contributed by atoms with Crippen molar-refractivity contribution in [1.29, 1.82) is 0 Å². The van der Waals surface area contributed by atoms with E-state index in [-0.39, 0.29) is 16.7 Å². The minimum Gasteiger partial charge on any atom is -0.507 e. The minimum absolute atomic E-state index is 0.0504. The molecule has 0 aliphatic heterocycles. The number of methoxy groups -OCH3 is 1. The van der Waals surface area contributed by atoms with Crippen LogP contribution in [0.15, 0.2) is 12.1 Å². The van der Waals surface area contributed by atoms with Gasteiger partial charge in [-0.15, -0.1) is 0 Å². The van der Waals surface area contributed by atoms with Gasteiger partial charge in [-0.3, -0.25) is 10.2 Å². The topological polar surface area (TPSA) is 84.6 Å². The molecule has 0 radical (unpaired) electrons. The first-order chi connectivity index (χ1) is 8.37. The van der Waals surface area contributed by atoms with Crippen molar-refractivity contribution in [3.05, 3.63) is 23.3 Å². The normalized spacial score (nSPS) is 11.2. The van der Waals surface area contributed by atoms with Crippen molar-refractivity contribution in [2.75, 3.05) is 7.11 Å². The van der Waals surface area contributed by atoms with Crippen LogP contribution in [0.1, 0.15) is 43.1 Å². The summed E-state index contributed by atoms with van der Waals surface area (Å²) < 4.78 is 5.15. The summed E-state index contributed by atoms with van der Waals surface area (Å²) in [6.07, 6.45) is 0.817. The lowest BCUT2D eigenvalue weighted by atomic mass is 9.80. The van der Waals surface area contributed by atoms with Gasteiger partial charge in [0, 0.05) is 5.56 Å². The first-order valence-electron chi connectivity index (χ1n) is 5.79. The molecular weight excluding hydrogens is 232 g/mol. The molecule has 4 N–H and O–H groups in total. The van der Waals surface area contributed by atoms with Gasteiger partial charge >= 0.3 is 0 Å². The van der Waals surface area contributed by atoms with Crippen molar-refractivity contribution >= 4 is 5.91 Å². The van der Waals surface area contributed by atoms with Crippen LogP contribution in [0.2, 0.25) is 0 Å². The zero-order valence-electron chi connectivity index (χ0n) is 11.2. The summed E-state index contributed by atoms with van der Waals surface area (Å²) in [5, 5.41) is 10.2. The standard InChI is InChI=1S/C13H20N2O3/c1-5-13(2,3)10-7-8(18-4)6-9(11(10)16)12(17)15-14/h6-7,16H,5,14H2,1-4H3,(H,15,17). The van der Waals surface area contributed by atoms with Gasteiger partial charge in [0.2, 0.25) is 0 Å². The van der Waals surface area contributed by atoms with E-state index >= 15 is 0 Å². The van der Waals surface area contributed by atoms with Crippen LogP contribution in [0.4, 0.5) is 0 Å². The maximum absolute atomic E-state index is 11.6. The Kier molecular flexibility index (Phi) is 4.19. The lowest BCUT2D eigenvalue weighted by Crippen LogP contribution is -2.30. The smallest absolute Gasteiger partial charge is 0.269 e. The van der Waals surface area contributed by atoms with Gasteiger partial charge < -0.3 is 9.84 Å². The van der Waals surface area contributed by atoms with Crippen LogP contribution in [0.5, 0.6) is 11.5 Å². The van der Waals surface area contributed by atoms with Crippen molar-refractivity contribution in [3.8, 4) is 11.5 Å². The Labute approximate surface area is 107 Å². The molecule has 0 heterocycles. The Morgan fingerprint density at radius 3 is 2.56 bits per heavy atom. The van der Waals surface area contributed by atoms with E-state index in [2.05, 4.69) is 0 Å². The summed E-state index contributed by atoms with van der Waals surface area (Å²) in [6, 6.07) is 3.21. The number of nitrogens with two attached hydrogens (primary N) is 1.